The van der Waals surface area contributed by atoms with Crippen LogP contribution in [0.5, 0.6) is 0 Å². The van der Waals surface area contributed by atoms with Gasteiger partial charge in [0.15, 0.2) is 0 Å². The molecule has 0 spiro atoms. The van der Waals surface area contributed by atoms with Crippen LogP contribution >= 0.6 is 15.9 Å². The zero-order valence-corrected chi connectivity index (χ0v) is 13.3. The zero-order valence-electron chi connectivity index (χ0n) is 11.7. The first-order valence-corrected chi connectivity index (χ1v) is 7.16. The van der Waals surface area contributed by atoms with Gasteiger partial charge in [0.05, 0.1) is 18.0 Å². The van der Waals surface area contributed by atoms with Crippen molar-refractivity contribution in [1.29, 1.82) is 0 Å². The number of hydrogen-bond acceptors (Lipinski definition) is 7. The summed E-state index contributed by atoms with van der Waals surface area (Å²) in [7, 11) is 0. The molecule has 4 N–H and O–H groups in total. The van der Waals surface area contributed by atoms with Crippen LogP contribution in [-0.4, -0.2) is 27.1 Å². The van der Waals surface area contributed by atoms with Crippen molar-refractivity contribution < 1.29 is 9.53 Å². The molecule has 0 saturated carbocycles. The first-order valence-electron chi connectivity index (χ1n) is 6.37. The average molecular weight is 368 g/mol. The van der Waals surface area contributed by atoms with Gasteiger partial charge in [-0.3, -0.25) is 9.55 Å². The summed E-state index contributed by atoms with van der Waals surface area (Å²) in [5.41, 5.74) is 11.3. The lowest BCUT2D eigenvalue weighted by Crippen LogP contribution is -2.29. The summed E-state index contributed by atoms with van der Waals surface area (Å²) >= 11 is 3.27. The molecule has 2 aromatic heterocycles. The Morgan fingerprint density at radius 2 is 2.27 bits per heavy atom. The highest BCUT2D eigenvalue weighted by atomic mass is 79.9. The number of pyridine rings is 1. The number of esters is 1. The van der Waals surface area contributed by atoms with Crippen LogP contribution in [0.25, 0.3) is 5.69 Å². The first kappa shape index (κ1) is 16.1. The summed E-state index contributed by atoms with van der Waals surface area (Å²) in [4.78, 5) is 31.6. The van der Waals surface area contributed by atoms with E-state index in [4.69, 9.17) is 16.2 Å². The Morgan fingerprint density at radius 1 is 1.55 bits per heavy atom. The minimum Gasteiger partial charge on any atom is -0.465 e. The fraction of sp³-hybridized carbons (Fsp3) is 0.231. The van der Waals surface area contributed by atoms with Crippen LogP contribution in [0.3, 0.4) is 0 Å². The number of carbonyl (C=O) groups is 1. The van der Waals surface area contributed by atoms with E-state index in [1.165, 1.54) is 23.0 Å². The van der Waals surface area contributed by atoms with Crippen LogP contribution in [0.1, 0.15) is 18.7 Å². The Morgan fingerprint density at radius 3 is 2.91 bits per heavy atom. The molecule has 0 radical (unpaired) electrons. The highest BCUT2D eigenvalue weighted by molar-refractivity contribution is 9.10. The summed E-state index contributed by atoms with van der Waals surface area (Å²) in [6.07, 6.45) is 2.92. The SMILES string of the molecule is CCOC(=O)C(N)c1ncc(Br)cc1-n1ccc(N)nc1=O. The molecular formula is C13H14BrN5O3. The molecule has 0 aliphatic heterocycles. The number of nitrogens with zero attached hydrogens (tertiary/aromatic N) is 3. The van der Waals surface area contributed by atoms with Crippen molar-refractivity contribution in [3.05, 3.63) is 45.2 Å². The van der Waals surface area contributed by atoms with Crippen LogP contribution in [-0.2, 0) is 9.53 Å². The maximum atomic E-state index is 12.0. The van der Waals surface area contributed by atoms with Gasteiger partial charge < -0.3 is 16.2 Å². The summed E-state index contributed by atoms with van der Waals surface area (Å²) in [6.45, 7) is 1.87. The molecular weight excluding hydrogens is 354 g/mol. The number of hydrogen-bond donors (Lipinski definition) is 2. The predicted molar refractivity (Wildman–Crippen MR) is 83.3 cm³/mol. The van der Waals surface area contributed by atoms with Crippen LogP contribution in [0.4, 0.5) is 5.82 Å². The van der Waals surface area contributed by atoms with Crippen molar-refractivity contribution in [3.8, 4) is 5.69 Å². The Labute approximate surface area is 134 Å². The third kappa shape index (κ3) is 3.31. The van der Waals surface area contributed by atoms with E-state index in [9.17, 15) is 9.59 Å². The quantitative estimate of drug-likeness (QED) is 0.754. The highest BCUT2D eigenvalue weighted by Gasteiger charge is 2.23. The molecule has 0 amide bonds. The van der Waals surface area contributed by atoms with E-state index in [0.29, 0.717) is 10.2 Å². The van der Waals surface area contributed by atoms with Gasteiger partial charge in [-0.15, -0.1) is 0 Å². The summed E-state index contributed by atoms with van der Waals surface area (Å²) in [5.74, 6) is -0.532. The van der Waals surface area contributed by atoms with Gasteiger partial charge in [0.1, 0.15) is 11.9 Å². The molecule has 22 heavy (non-hydrogen) atoms. The highest BCUT2D eigenvalue weighted by Crippen LogP contribution is 2.22. The second-order valence-corrected chi connectivity index (χ2v) is 5.21. The molecule has 2 rings (SSSR count). The molecule has 9 heteroatoms. The Hall–Kier alpha value is -2.26. The van der Waals surface area contributed by atoms with Gasteiger partial charge in [0, 0.05) is 16.9 Å². The third-order valence-electron chi connectivity index (χ3n) is 2.78. The number of carbonyl (C=O) groups excluding carboxylic acids is 1. The minimum absolute atomic E-state index is 0.0976. The molecule has 0 saturated heterocycles. The number of halogens is 1. The lowest BCUT2D eigenvalue weighted by molar-refractivity contribution is -0.144. The summed E-state index contributed by atoms with van der Waals surface area (Å²) in [5, 5.41) is 0. The Balaban J connectivity index is 2.57. The van der Waals surface area contributed by atoms with Gasteiger partial charge in [-0.05, 0) is 35.0 Å². The Kier molecular flexibility index (Phi) is 4.88. The number of anilines is 1. The standard InChI is InChI=1S/C13H14BrN5O3/c1-2-22-12(20)10(16)11-8(5-7(14)6-17-11)19-4-3-9(15)18-13(19)21/h3-6,10H,2,16H2,1H3,(H2,15,18,21). The second kappa shape index (κ2) is 6.67. The largest absolute Gasteiger partial charge is 0.465 e. The summed E-state index contributed by atoms with van der Waals surface area (Å²) in [6, 6.07) is 1.95. The van der Waals surface area contributed by atoms with Crippen LogP contribution in [0.2, 0.25) is 0 Å². The number of aromatic nitrogens is 3. The summed E-state index contributed by atoms with van der Waals surface area (Å²) < 4.78 is 6.72. The van der Waals surface area contributed by atoms with Crippen LogP contribution < -0.4 is 17.2 Å². The topological polar surface area (TPSA) is 126 Å². The van der Waals surface area contributed by atoms with E-state index in [2.05, 4.69) is 25.9 Å². The number of nitrogens with two attached hydrogens (primary N) is 2. The molecule has 1 unspecified atom stereocenters. The molecule has 0 aliphatic rings. The van der Waals surface area contributed by atoms with Crippen LogP contribution in [0.15, 0.2) is 33.8 Å². The van der Waals surface area contributed by atoms with Crippen molar-refractivity contribution in [2.45, 2.75) is 13.0 Å². The maximum absolute atomic E-state index is 12.0. The maximum Gasteiger partial charge on any atom is 0.354 e. The van der Waals surface area contributed by atoms with E-state index in [1.54, 1.807) is 13.0 Å². The van der Waals surface area contributed by atoms with Crippen LogP contribution in [0, 0.1) is 0 Å². The lowest BCUT2D eigenvalue weighted by Gasteiger charge is -2.15. The van der Waals surface area contributed by atoms with E-state index in [-0.39, 0.29) is 18.1 Å². The molecule has 2 aromatic rings. The smallest absolute Gasteiger partial charge is 0.354 e. The fourth-order valence-corrected chi connectivity index (χ4v) is 2.13. The van der Waals surface area contributed by atoms with Crippen molar-refractivity contribution >= 4 is 27.7 Å². The minimum atomic E-state index is -1.12. The molecule has 116 valence electrons. The second-order valence-electron chi connectivity index (χ2n) is 4.29. The zero-order chi connectivity index (χ0) is 16.3. The van der Waals surface area contributed by atoms with Gasteiger partial charge in [-0.25, -0.2) is 9.59 Å². The average Bonchev–Trinajstić information content (AvgIpc) is 2.46. The van der Waals surface area contributed by atoms with Gasteiger partial charge in [0.25, 0.3) is 0 Å². The molecule has 0 bridgehead atoms. The number of nitrogen functional groups attached to an aromatic ring is 1. The number of rotatable bonds is 4. The van der Waals surface area contributed by atoms with E-state index in [1.807, 2.05) is 0 Å². The van der Waals surface area contributed by atoms with Crippen molar-refractivity contribution in [3.63, 3.8) is 0 Å². The van der Waals surface area contributed by atoms with Gasteiger partial charge >= 0.3 is 11.7 Å². The third-order valence-corrected chi connectivity index (χ3v) is 3.22. The van der Waals surface area contributed by atoms with Gasteiger partial charge in [-0.2, -0.15) is 4.98 Å². The van der Waals surface area contributed by atoms with Gasteiger partial charge in [-0.1, -0.05) is 0 Å². The molecule has 8 nitrogen and oxygen atoms in total. The Bertz CT molecular complexity index is 762. The lowest BCUT2D eigenvalue weighted by atomic mass is 10.1. The van der Waals surface area contributed by atoms with Gasteiger partial charge in [0.2, 0.25) is 0 Å². The van der Waals surface area contributed by atoms with Crippen molar-refractivity contribution in [2.24, 2.45) is 5.73 Å². The predicted octanol–water partition coefficient (Wildman–Crippen LogP) is 0.535. The van der Waals surface area contributed by atoms with Crippen molar-refractivity contribution in [2.75, 3.05) is 12.3 Å². The molecule has 0 fully saturated rings. The first-order chi connectivity index (χ1) is 10.4. The number of ether oxygens (including phenoxy) is 1. The molecule has 0 aromatic carbocycles. The monoisotopic (exact) mass is 367 g/mol. The molecule has 2 heterocycles. The normalized spacial score (nSPS) is 12.0. The van der Waals surface area contributed by atoms with E-state index >= 15 is 0 Å². The fourth-order valence-electron chi connectivity index (χ4n) is 1.81. The van der Waals surface area contributed by atoms with Crippen molar-refractivity contribution in [1.82, 2.24) is 14.5 Å². The molecule has 1 atom stereocenters. The van der Waals surface area contributed by atoms with E-state index < -0.39 is 17.7 Å². The molecule has 0 aliphatic carbocycles. The van der Waals surface area contributed by atoms with E-state index in [0.717, 1.165) is 0 Å².